The summed E-state index contributed by atoms with van der Waals surface area (Å²) in [6, 6.07) is 12.1. The fraction of sp³-hybridized carbons (Fsp3) is 0.304. The molecule has 1 aliphatic heterocycles. The smallest absolute Gasteiger partial charge is 0.329 e. The van der Waals surface area contributed by atoms with Crippen LogP contribution in [0.1, 0.15) is 19.8 Å². The van der Waals surface area contributed by atoms with Gasteiger partial charge in [-0.15, -0.1) is 0 Å². The van der Waals surface area contributed by atoms with E-state index < -0.39 is 36.4 Å². The van der Waals surface area contributed by atoms with Crippen molar-refractivity contribution < 1.29 is 23.9 Å². The van der Waals surface area contributed by atoms with E-state index in [1.54, 1.807) is 6.07 Å². The monoisotopic (exact) mass is 406 g/mol. The summed E-state index contributed by atoms with van der Waals surface area (Å²) in [6.45, 7) is 0.947. The molecule has 0 saturated carbocycles. The number of hydrogen-bond acceptors (Lipinski definition) is 5. The summed E-state index contributed by atoms with van der Waals surface area (Å²) in [5.41, 5.74) is 0.615. The maximum Gasteiger partial charge on any atom is 0.329 e. The Labute approximate surface area is 173 Å². The fourth-order valence-electron chi connectivity index (χ4n) is 4.09. The number of fused-ring (bicyclic) bond motifs is 2. The predicted molar refractivity (Wildman–Crippen MR) is 110 cm³/mol. The third-order valence-electron chi connectivity index (χ3n) is 5.68. The van der Waals surface area contributed by atoms with Crippen molar-refractivity contribution in [2.45, 2.75) is 25.8 Å². The normalized spacial score (nSPS) is 21.4. The van der Waals surface area contributed by atoms with Crippen molar-refractivity contribution in [2.75, 3.05) is 11.9 Å². The number of esters is 1. The molecule has 0 spiro atoms. The number of anilines is 1. The summed E-state index contributed by atoms with van der Waals surface area (Å²) in [4.78, 5) is 50.9. The standard InChI is InChI=1S/C23H22N2O5/c1-14(25-21(27)17-10-4-5-11-18(17)22(25)28)23(29)30-13-20(26)24-19-12-6-8-15-7-2-3-9-16(15)19/h2-9,12,14,17-18H,10-11,13H2,1H3,(H,24,26)/t14-,17+,18+/m0/s1. The third-order valence-corrected chi connectivity index (χ3v) is 5.68. The molecule has 2 aromatic carbocycles. The molecule has 7 nitrogen and oxygen atoms in total. The minimum absolute atomic E-state index is 0.348. The second kappa shape index (κ2) is 8.10. The lowest BCUT2D eigenvalue weighted by atomic mass is 9.85. The summed E-state index contributed by atoms with van der Waals surface area (Å²) in [5, 5.41) is 4.58. The number of nitrogens with one attached hydrogen (secondary N) is 1. The number of likely N-dealkylation sites (tertiary alicyclic amines) is 1. The lowest BCUT2D eigenvalue weighted by molar-refractivity contribution is -0.159. The molecule has 3 amide bonds. The Kier molecular flexibility index (Phi) is 5.35. The van der Waals surface area contributed by atoms with Crippen molar-refractivity contribution in [3.8, 4) is 0 Å². The van der Waals surface area contributed by atoms with Gasteiger partial charge in [0.2, 0.25) is 11.8 Å². The topological polar surface area (TPSA) is 92.8 Å². The molecule has 0 bridgehead atoms. The van der Waals surface area contributed by atoms with Crippen LogP contribution in [-0.4, -0.2) is 41.2 Å². The molecule has 0 radical (unpaired) electrons. The SMILES string of the molecule is C[C@@H](C(=O)OCC(=O)Nc1cccc2ccccc12)N1C(=O)[C@@H]2CC=CC[C@H]2C1=O. The van der Waals surface area contributed by atoms with Gasteiger partial charge in [-0.3, -0.25) is 19.3 Å². The second-order valence-corrected chi connectivity index (χ2v) is 7.56. The first-order valence-electron chi connectivity index (χ1n) is 9.93. The Balaban J connectivity index is 1.36. The number of hydrogen-bond donors (Lipinski definition) is 1. The molecule has 3 atom stereocenters. The molecule has 4 rings (SSSR count). The van der Waals surface area contributed by atoms with E-state index in [0.29, 0.717) is 18.5 Å². The first-order chi connectivity index (χ1) is 14.5. The maximum absolute atomic E-state index is 12.6. The number of carbonyl (C=O) groups excluding carboxylic acids is 4. The summed E-state index contributed by atoms with van der Waals surface area (Å²) >= 11 is 0. The zero-order chi connectivity index (χ0) is 21.3. The van der Waals surface area contributed by atoms with Gasteiger partial charge >= 0.3 is 5.97 Å². The average molecular weight is 406 g/mol. The van der Waals surface area contributed by atoms with Crippen LogP contribution in [0.15, 0.2) is 54.6 Å². The van der Waals surface area contributed by atoms with Gasteiger partial charge in [-0.1, -0.05) is 48.6 Å². The van der Waals surface area contributed by atoms with Gasteiger partial charge in [0.1, 0.15) is 6.04 Å². The highest BCUT2D eigenvalue weighted by molar-refractivity contribution is 6.08. The van der Waals surface area contributed by atoms with Crippen LogP contribution in [0.3, 0.4) is 0 Å². The summed E-state index contributed by atoms with van der Waals surface area (Å²) in [5.74, 6) is -2.79. The molecule has 0 aromatic heterocycles. The molecular weight excluding hydrogens is 384 g/mol. The first kappa shape index (κ1) is 19.8. The molecule has 154 valence electrons. The number of allylic oxidation sites excluding steroid dienone is 2. The Bertz CT molecular complexity index is 1030. The number of nitrogens with zero attached hydrogens (tertiary/aromatic N) is 1. The zero-order valence-electron chi connectivity index (χ0n) is 16.5. The Morgan fingerprint density at radius 3 is 2.37 bits per heavy atom. The van der Waals surface area contributed by atoms with E-state index in [-0.39, 0.29) is 11.8 Å². The Hall–Kier alpha value is -3.48. The minimum Gasteiger partial charge on any atom is -0.454 e. The van der Waals surface area contributed by atoms with Crippen molar-refractivity contribution in [1.29, 1.82) is 0 Å². The number of rotatable bonds is 5. The van der Waals surface area contributed by atoms with E-state index in [9.17, 15) is 19.2 Å². The molecule has 1 aliphatic carbocycles. The van der Waals surface area contributed by atoms with E-state index in [2.05, 4.69) is 5.32 Å². The molecule has 1 heterocycles. The molecule has 30 heavy (non-hydrogen) atoms. The van der Waals surface area contributed by atoms with Crippen LogP contribution in [0.2, 0.25) is 0 Å². The number of benzene rings is 2. The Morgan fingerprint density at radius 1 is 1.03 bits per heavy atom. The van der Waals surface area contributed by atoms with Gasteiger partial charge in [0.15, 0.2) is 6.61 Å². The highest BCUT2D eigenvalue weighted by Gasteiger charge is 2.50. The van der Waals surface area contributed by atoms with E-state index in [4.69, 9.17) is 4.74 Å². The van der Waals surface area contributed by atoms with E-state index in [0.717, 1.165) is 15.7 Å². The van der Waals surface area contributed by atoms with Crippen molar-refractivity contribution >= 4 is 40.2 Å². The quantitative estimate of drug-likeness (QED) is 0.468. The van der Waals surface area contributed by atoms with Crippen LogP contribution in [0.25, 0.3) is 10.8 Å². The van der Waals surface area contributed by atoms with E-state index >= 15 is 0 Å². The summed E-state index contributed by atoms with van der Waals surface area (Å²) in [6.07, 6.45) is 4.77. The average Bonchev–Trinajstić information content (AvgIpc) is 3.02. The van der Waals surface area contributed by atoms with Gasteiger partial charge in [0.25, 0.3) is 5.91 Å². The number of ether oxygens (including phenoxy) is 1. The van der Waals surface area contributed by atoms with Crippen LogP contribution in [-0.2, 0) is 23.9 Å². The molecule has 0 unspecified atom stereocenters. The molecule has 7 heteroatoms. The van der Waals surface area contributed by atoms with Gasteiger partial charge in [-0.25, -0.2) is 4.79 Å². The lowest BCUT2D eigenvalue weighted by Gasteiger charge is -2.21. The summed E-state index contributed by atoms with van der Waals surface area (Å²) < 4.78 is 5.10. The first-order valence-corrected chi connectivity index (χ1v) is 9.93. The second-order valence-electron chi connectivity index (χ2n) is 7.56. The van der Waals surface area contributed by atoms with Gasteiger partial charge in [-0.05, 0) is 31.2 Å². The molecule has 2 aromatic rings. The lowest BCUT2D eigenvalue weighted by Crippen LogP contribution is -2.45. The van der Waals surface area contributed by atoms with Crippen molar-refractivity contribution in [1.82, 2.24) is 4.90 Å². The van der Waals surface area contributed by atoms with Gasteiger partial charge in [0, 0.05) is 11.1 Å². The van der Waals surface area contributed by atoms with Crippen molar-refractivity contribution in [3.05, 3.63) is 54.6 Å². The van der Waals surface area contributed by atoms with Crippen molar-refractivity contribution in [3.63, 3.8) is 0 Å². The van der Waals surface area contributed by atoms with Crippen LogP contribution < -0.4 is 5.32 Å². The van der Waals surface area contributed by atoms with Crippen LogP contribution in [0, 0.1) is 11.8 Å². The minimum atomic E-state index is -1.07. The van der Waals surface area contributed by atoms with Crippen LogP contribution in [0.4, 0.5) is 5.69 Å². The largest absolute Gasteiger partial charge is 0.454 e. The Morgan fingerprint density at radius 2 is 1.67 bits per heavy atom. The molecule has 1 saturated heterocycles. The predicted octanol–water partition coefficient (Wildman–Crippen LogP) is 2.66. The van der Waals surface area contributed by atoms with E-state index in [1.165, 1.54) is 6.92 Å². The van der Waals surface area contributed by atoms with Gasteiger partial charge in [-0.2, -0.15) is 0 Å². The molecular formula is C23H22N2O5. The van der Waals surface area contributed by atoms with Crippen molar-refractivity contribution in [2.24, 2.45) is 11.8 Å². The maximum atomic E-state index is 12.6. The zero-order valence-corrected chi connectivity index (χ0v) is 16.5. The molecule has 1 N–H and O–H groups in total. The fourth-order valence-corrected chi connectivity index (χ4v) is 4.09. The van der Waals surface area contributed by atoms with Crippen LogP contribution in [0.5, 0.6) is 0 Å². The number of amides is 3. The van der Waals surface area contributed by atoms with Gasteiger partial charge in [0.05, 0.1) is 11.8 Å². The highest BCUT2D eigenvalue weighted by atomic mass is 16.5. The van der Waals surface area contributed by atoms with E-state index in [1.807, 2.05) is 48.6 Å². The highest BCUT2D eigenvalue weighted by Crippen LogP contribution is 2.36. The van der Waals surface area contributed by atoms with Gasteiger partial charge < -0.3 is 10.1 Å². The molecule has 2 aliphatic rings. The number of imide groups is 1. The molecule has 1 fully saturated rings. The number of carbonyl (C=O) groups is 4. The van der Waals surface area contributed by atoms with Crippen LogP contribution >= 0.6 is 0 Å². The third kappa shape index (κ3) is 3.58. The summed E-state index contributed by atoms with van der Waals surface area (Å²) in [7, 11) is 0.